The van der Waals surface area contributed by atoms with Gasteiger partial charge in [-0.3, -0.25) is 0 Å². The van der Waals surface area contributed by atoms with Gasteiger partial charge >= 0.3 is 0 Å². The van der Waals surface area contributed by atoms with Gasteiger partial charge in [-0.1, -0.05) is 36.4 Å². The summed E-state index contributed by atoms with van der Waals surface area (Å²) in [5.74, 6) is 0. The van der Waals surface area contributed by atoms with Crippen molar-refractivity contribution in [2.24, 2.45) is 0 Å². The topological polar surface area (TPSA) is 30.2 Å². The zero-order valence-electron chi connectivity index (χ0n) is 11.6. The van der Waals surface area contributed by atoms with E-state index in [0.717, 1.165) is 27.3 Å². The summed E-state index contributed by atoms with van der Waals surface area (Å²) in [6.45, 7) is 0. The van der Waals surface area contributed by atoms with Crippen LogP contribution in [-0.4, -0.2) is 14.6 Å². The summed E-state index contributed by atoms with van der Waals surface area (Å²) in [6.07, 6.45) is 0. The van der Waals surface area contributed by atoms with Crippen molar-refractivity contribution in [3.63, 3.8) is 0 Å². The molecule has 0 fully saturated rings. The van der Waals surface area contributed by atoms with Gasteiger partial charge in [-0.05, 0) is 30.3 Å². The number of pyridine rings is 1. The molecule has 104 valence electrons. The lowest BCUT2D eigenvalue weighted by Crippen LogP contribution is -1.89. The first-order valence-electron chi connectivity index (χ1n) is 7.12. The third-order valence-corrected chi connectivity index (χ3v) is 4.91. The molecule has 0 amide bonds. The minimum absolute atomic E-state index is 0.928. The molecule has 4 heteroatoms. The minimum Gasteiger partial charge on any atom is -0.234 e. The number of benzene rings is 2. The number of fused-ring (bicyclic) bond motifs is 4. The molecule has 22 heavy (non-hydrogen) atoms. The van der Waals surface area contributed by atoms with Gasteiger partial charge in [0.2, 0.25) is 0 Å². The van der Waals surface area contributed by atoms with E-state index in [1.54, 1.807) is 11.3 Å². The van der Waals surface area contributed by atoms with Gasteiger partial charge in [0.1, 0.15) is 10.7 Å². The quantitative estimate of drug-likeness (QED) is 0.446. The maximum absolute atomic E-state index is 4.77. The number of rotatable bonds is 1. The summed E-state index contributed by atoms with van der Waals surface area (Å²) < 4.78 is 3.19. The van der Waals surface area contributed by atoms with Crippen LogP contribution in [-0.2, 0) is 0 Å². The molecule has 5 rings (SSSR count). The second-order valence-corrected chi connectivity index (χ2v) is 6.28. The Balaban J connectivity index is 1.79. The average Bonchev–Trinajstić information content (AvgIpc) is 3.18. The molecule has 3 nitrogen and oxygen atoms in total. The molecule has 0 bridgehead atoms. The lowest BCUT2D eigenvalue weighted by molar-refractivity contribution is 1.01. The molecule has 0 spiro atoms. The van der Waals surface area contributed by atoms with E-state index in [2.05, 4.69) is 36.4 Å². The van der Waals surface area contributed by atoms with Crippen LogP contribution in [0.3, 0.4) is 0 Å². The van der Waals surface area contributed by atoms with E-state index in [0.29, 0.717) is 0 Å². The molecule has 5 aromatic rings. The Morgan fingerprint density at radius 1 is 0.864 bits per heavy atom. The Labute approximate surface area is 130 Å². The highest BCUT2D eigenvalue weighted by molar-refractivity contribution is 7.21. The van der Waals surface area contributed by atoms with Gasteiger partial charge in [0, 0.05) is 5.39 Å². The van der Waals surface area contributed by atoms with Gasteiger partial charge in [0.25, 0.3) is 0 Å². The zero-order valence-corrected chi connectivity index (χ0v) is 12.4. The summed E-state index contributed by atoms with van der Waals surface area (Å²) in [7, 11) is 0. The molecular weight excluding hydrogens is 290 g/mol. The number of hydrogen-bond donors (Lipinski definition) is 0. The Morgan fingerprint density at radius 3 is 2.68 bits per heavy atom. The lowest BCUT2D eigenvalue weighted by atomic mass is 10.2. The van der Waals surface area contributed by atoms with Crippen molar-refractivity contribution >= 4 is 38.0 Å². The Hall–Kier alpha value is -2.72. The van der Waals surface area contributed by atoms with E-state index in [-0.39, 0.29) is 0 Å². The molecule has 0 saturated heterocycles. The van der Waals surface area contributed by atoms with E-state index in [1.807, 2.05) is 34.8 Å². The second-order valence-electron chi connectivity index (χ2n) is 5.25. The Bertz CT molecular complexity index is 1100. The smallest absolute Gasteiger partial charge is 0.145 e. The van der Waals surface area contributed by atoms with Gasteiger partial charge in [0.15, 0.2) is 0 Å². The molecule has 3 heterocycles. The van der Waals surface area contributed by atoms with Gasteiger partial charge < -0.3 is 0 Å². The maximum atomic E-state index is 4.77. The van der Waals surface area contributed by atoms with E-state index >= 15 is 0 Å². The highest BCUT2D eigenvalue weighted by atomic mass is 32.1. The minimum atomic E-state index is 0.928. The van der Waals surface area contributed by atoms with Crippen LogP contribution in [0, 0.1) is 0 Å². The van der Waals surface area contributed by atoms with Crippen LogP contribution in [0.4, 0.5) is 0 Å². The molecule has 0 saturated carbocycles. The Kier molecular flexibility index (Phi) is 2.37. The van der Waals surface area contributed by atoms with E-state index in [4.69, 9.17) is 10.1 Å². The fourth-order valence-electron chi connectivity index (χ4n) is 2.79. The summed E-state index contributed by atoms with van der Waals surface area (Å²) in [4.78, 5) is 4.70. The second kappa shape index (κ2) is 4.39. The number of nitrogens with zero attached hydrogens (tertiary/aromatic N) is 3. The predicted molar refractivity (Wildman–Crippen MR) is 91.3 cm³/mol. The van der Waals surface area contributed by atoms with Crippen LogP contribution in [0.25, 0.3) is 37.3 Å². The Morgan fingerprint density at radius 2 is 1.73 bits per heavy atom. The van der Waals surface area contributed by atoms with Crippen LogP contribution in [0.2, 0.25) is 0 Å². The van der Waals surface area contributed by atoms with Crippen molar-refractivity contribution in [3.05, 3.63) is 66.7 Å². The number of aromatic nitrogens is 3. The first-order valence-corrected chi connectivity index (χ1v) is 7.94. The normalized spacial score (nSPS) is 11.6. The molecular formula is C18H11N3S. The third kappa shape index (κ3) is 1.68. The van der Waals surface area contributed by atoms with Crippen LogP contribution < -0.4 is 0 Å². The highest BCUT2D eigenvalue weighted by Crippen LogP contribution is 2.30. The van der Waals surface area contributed by atoms with E-state index in [9.17, 15) is 0 Å². The molecule has 0 atom stereocenters. The van der Waals surface area contributed by atoms with Crippen molar-refractivity contribution in [2.45, 2.75) is 0 Å². The fourth-order valence-corrected chi connectivity index (χ4v) is 3.71. The van der Waals surface area contributed by atoms with Crippen LogP contribution >= 0.6 is 11.3 Å². The summed E-state index contributed by atoms with van der Waals surface area (Å²) in [6, 6.07) is 22.8. The van der Waals surface area contributed by atoms with Gasteiger partial charge in [-0.25, -0.2) is 9.50 Å². The van der Waals surface area contributed by atoms with Crippen LogP contribution in [0.5, 0.6) is 0 Å². The molecule has 0 N–H and O–H groups in total. The summed E-state index contributed by atoms with van der Waals surface area (Å²) in [5.41, 5.74) is 4.17. The van der Waals surface area contributed by atoms with E-state index in [1.165, 1.54) is 10.1 Å². The highest BCUT2D eigenvalue weighted by Gasteiger charge is 2.11. The molecule has 0 aliphatic carbocycles. The average molecular weight is 301 g/mol. The van der Waals surface area contributed by atoms with Crippen LogP contribution in [0.1, 0.15) is 0 Å². The number of para-hydroxylation sites is 2. The van der Waals surface area contributed by atoms with Crippen molar-refractivity contribution in [1.29, 1.82) is 0 Å². The van der Waals surface area contributed by atoms with Crippen LogP contribution in [0.15, 0.2) is 66.7 Å². The van der Waals surface area contributed by atoms with Crippen molar-refractivity contribution in [2.75, 3.05) is 0 Å². The largest absolute Gasteiger partial charge is 0.234 e. The molecule has 2 aromatic carbocycles. The van der Waals surface area contributed by atoms with E-state index < -0.39 is 0 Å². The number of hydrogen-bond acceptors (Lipinski definition) is 3. The SMILES string of the molecule is c1ccc2c(c1)ccc1cc(-c3nc4ccccc4s3)nn12. The molecule has 3 aromatic heterocycles. The van der Waals surface area contributed by atoms with Gasteiger partial charge in [0.05, 0.1) is 21.3 Å². The molecule has 0 unspecified atom stereocenters. The fraction of sp³-hybridized carbons (Fsp3) is 0. The maximum Gasteiger partial charge on any atom is 0.145 e. The van der Waals surface area contributed by atoms with Gasteiger partial charge in [-0.2, -0.15) is 5.10 Å². The van der Waals surface area contributed by atoms with Crippen molar-refractivity contribution in [1.82, 2.24) is 14.6 Å². The molecule has 0 aliphatic heterocycles. The summed E-state index contributed by atoms with van der Waals surface area (Å²) in [5, 5.41) is 6.93. The third-order valence-electron chi connectivity index (χ3n) is 3.85. The van der Waals surface area contributed by atoms with Crippen molar-refractivity contribution < 1.29 is 0 Å². The molecule has 0 aliphatic rings. The standard InChI is InChI=1S/C18H11N3S/c1-3-7-16-12(5-1)9-10-13-11-15(20-21(13)16)18-19-14-6-2-4-8-17(14)22-18/h1-11H. The molecule has 0 radical (unpaired) electrons. The predicted octanol–water partition coefficient (Wildman–Crippen LogP) is 4.76. The monoisotopic (exact) mass is 301 g/mol. The number of thiazole rings is 1. The lowest BCUT2D eigenvalue weighted by Gasteiger charge is -1.99. The van der Waals surface area contributed by atoms with Gasteiger partial charge in [-0.15, -0.1) is 11.3 Å². The first kappa shape index (κ1) is 11.9. The van der Waals surface area contributed by atoms with Crippen molar-refractivity contribution in [3.8, 4) is 10.7 Å². The first-order chi connectivity index (χ1) is 10.9. The zero-order chi connectivity index (χ0) is 14.5. The summed E-state index contributed by atoms with van der Waals surface area (Å²) >= 11 is 1.68.